The number of hydrogen-bond donors (Lipinski definition) is 3. The Hall–Kier alpha value is -3.32. The van der Waals surface area contributed by atoms with Gasteiger partial charge in [-0.15, -0.1) is 0 Å². The smallest absolute Gasteiger partial charge is 0.276 e. The lowest BCUT2D eigenvalue weighted by atomic mass is 10.1. The van der Waals surface area contributed by atoms with Gasteiger partial charge in [-0.25, -0.2) is 4.98 Å². The number of H-pyrrole nitrogens is 2. The Morgan fingerprint density at radius 3 is 2.66 bits per heavy atom. The first-order chi connectivity index (χ1) is 14.0. The van der Waals surface area contributed by atoms with Crippen LogP contribution in [0.5, 0.6) is 0 Å². The maximum absolute atomic E-state index is 12.8. The number of hydrogen-bond acceptors (Lipinski definition) is 4. The molecule has 1 aliphatic rings. The van der Waals surface area contributed by atoms with Crippen LogP contribution >= 0.6 is 11.6 Å². The minimum atomic E-state index is -0.346. The molecule has 1 amide bonds. The van der Waals surface area contributed by atoms with Gasteiger partial charge in [-0.1, -0.05) is 23.7 Å². The minimum Gasteiger partial charge on any atom is -0.396 e. The van der Waals surface area contributed by atoms with Crippen molar-refractivity contribution < 1.29 is 4.79 Å². The summed E-state index contributed by atoms with van der Waals surface area (Å²) in [6, 6.07) is 10.7. The van der Waals surface area contributed by atoms with Crippen LogP contribution in [-0.4, -0.2) is 38.8 Å². The fraction of sp³-hybridized carbons (Fsp3) is 0.190. The van der Waals surface area contributed by atoms with E-state index >= 15 is 0 Å². The Balaban J connectivity index is 1.67. The van der Waals surface area contributed by atoms with E-state index in [0.29, 0.717) is 43.9 Å². The standard InChI is InChI=1S/C21H18ClN5O2/c22-13-10-16-12(9-11(13)21(29)27-7-3-4-8-27)17(23)18(25-16)19-20(28)26-15-6-2-1-5-14(15)24-19/h1-2,5-6,9-10,25H,3-4,7-8,23H2,(H,26,28). The van der Waals surface area contributed by atoms with E-state index in [1.807, 2.05) is 18.2 Å². The van der Waals surface area contributed by atoms with Crippen LogP contribution in [0.4, 0.5) is 5.69 Å². The number of aromatic nitrogens is 3. The molecule has 0 spiro atoms. The fourth-order valence-corrected chi connectivity index (χ4v) is 4.12. The van der Waals surface area contributed by atoms with Crippen LogP contribution in [-0.2, 0) is 0 Å². The SMILES string of the molecule is Nc1c(-c2nc3ccccc3[nH]c2=O)[nH]c2cc(Cl)c(C(=O)N3CCCC3)cc12. The molecule has 1 aliphatic heterocycles. The van der Waals surface area contributed by atoms with Gasteiger partial charge in [0, 0.05) is 24.0 Å². The number of aromatic amines is 2. The molecule has 0 bridgehead atoms. The van der Waals surface area contributed by atoms with Crippen LogP contribution in [0.1, 0.15) is 23.2 Å². The van der Waals surface area contributed by atoms with Gasteiger partial charge >= 0.3 is 0 Å². The normalized spacial score (nSPS) is 14.2. The average Bonchev–Trinajstić information content (AvgIpc) is 3.35. The Bertz CT molecular complexity index is 1330. The number of anilines is 1. The molecular weight excluding hydrogens is 390 g/mol. The summed E-state index contributed by atoms with van der Waals surface area (Å²) in [4.78, 5) is 37.7. The summed E-state index contributed by atoms with van der Waals surface area (Å²) < 4.78 is 0. The van der Waals surface area contributed by atoms with Gasteiger partial charge in [-0.2, -0.15) is 0 Å². The van der Waals surface area contributed by atoms with Crippen molar-refractivity contribution in [2.75, 3.05) is 18.8 Å². The highest BCUT2D eigenvalue weighted by atomic mass is 35.5. The maximum atomic E-state index is 12.8. The molecule has 5 rings (SSSR count). The summed E-state index contributed by atoms with van der Waals surface area (Å²) in [5.74, 6) is -0.0989. The predicted octanol–water partition coefficient (Wildman–Crippen LogP) is 3.54. The molecule has 0 unspecified atom stereocenters. The quantitative estimate of drug-likeness (QED) is 0.472. The molecule has 2 aromatic heterocycles. The third-order valence-corrected chi connectivity index (χ3v) is 5.70. The number of nitrogens with zero attached hydrogens (tertiary/aromatic N) is 2. The van der Waals surface area contributed by atoms with Gasteiger partial charge < -0.3 is 20.6 Å². The Kier molecular flexibility index (Phi) is 4.06. The number of para-hydroxylation sites is 2. The molecule has 4 aromatic rings. The third kappa shape index (κ3) is 2.86. The van der Waals surface area contributed by atoms with Crippen LogP contribution in [0.15, 0.2) is 41.2 Å². The van der Waals surface area contributed by atoms with Crippen LogP contribution in [0.2, 0.25) is 5.02 Å². The summed E-state index contributed by atoms with van der Waals surface area (Å²) in [7, 11) is 0. The van der Waals surface area contributed by atoms with Gasteiger partial charge in [-0.05, 0) is 37.1 Å². The second-order valence-corrected chi connectivity index (χ2v) is 7.63. The van der Waals surface area contributed by atoms with Crippen molar-refractivity contribution in [3.63, 3.8) is 0 Å². The number of benzene rings is 2. The van der Waals surface area contributed by atoms with Crippen LogP contribution in [0.3, 0.4) is 0 Å². The summed E-state index contributed by atoms with van der Waals surface area (Å²) in [5.41, 5.74) is 9.36. The van der Waals surface area contributed by atoms with E-state index in [0.717, 1.165) is 25.9 Å². The Morgan fingerprint density at radius 1 is 1.10 bits per heavy atom. The van der Waals surface area contributed by atoms with Crippen molar-refractivity contribution in [3.8, 4) is 11.4 Å². The van der Waals surface area contributed by atoms with E-state index in [1.54, 1.807) is 23.1 Å². The van der Waals surface area contributed by atoms with E-state index in [-0.39, 0.29) is 17.2 Å². The molecular formula is C21H18ClN5O2. The first-order valence-electron chi connectivity index (χ1n) is 9.42. The third-order valence-electron chi connectivity index (χ3n) is 5.39. The zero-order chi connectivity index (χ0) is 20.1. The van der Waals surface area contributed by atoms with Crippen molar-refractivity contribution in [2.45, 2.75) is 12.8 Å². The summed E-state index contributed by atoms with van der Waals surface area (Å²) in [6.45, 7) is 1.47. The molecule has 0 aliphatic carbocycles. The number of carbonyl (C=O) groups is 1. The molecule has 29 heavy (non-hydrogen) atoms. The lowest BCUT2D eigenvalue weighted by molar-refractivity contribution is 0.0793. The topological polar surface area (TPSA) is 108 Å². The van der Waals surface area contributed by atoms with Gasteiger partial charge in [0.2, 0.25) is 0 Å². The van der Waals surface area contributed by atoms with Crippen LogP contribution in [0.25, 0.3) is 33.3 Å². The highest BCUT2D eigenvalue weighted by Crippen LogP contribution is 2.34. The molecule has 0 radical (unpaired) electrons. The lowest BCUT2D eigenvalue weighted by Crippen LogP contribution is -2.27. The zero-order valence-corrected chi connectivity index (χ0v) is 16.2. The van der Waals surface area contributed by atoms with Gasteiger partial charge in [-0.3, -0.25) is 9.59 Å². The van der Waals surface area contributed by atoms with Crippen molar-refractivity contribution in [1.82, 2.24) is 19.9 Å². The Morgan fingerprint density at radius 2 is 1.86 bits per heavy atom. The molecule has 4 N–H and O–H groups in total. The lowest BCUT2D eigenvalue weighted by Gasteiger charge is -2.16. The van der Waals surface area contributed by atoms with Gasteiger partial charge in [0.25, 0.3) is 11.5 Å². The molecule has 8 heteroatoms. The second kappa shape index (κ2) is 6.63. The highest BCUT2D eigenvalue weighted by molar-refractivity contribution is 6.35. The molecule has 146 valence electrons. The monoisotopic (exact) mass is 407 g/mol. The van der Waals surface area contributed by atoms with E-state index in [1.165, 1.54) is 0 Å². The molecule has 1 saturated heterocycles. The molecule has 1 fully saturated rings. The fourth-order valence-electron chi connectivity index (χ4n) is 3.88. The van der Waals surface area contributed by atoms with Crippen LogP contribution < -0.4 is 11.3 Å². The number of likely N-dealkylation sites (tertiary alicyclic amines) is 1. The summed E-state index contributed by atoms with van der Waals surface area (Å²) in [6.07, 6.45) is 2.00. The molecule has 0 atom stereocenters. The number of rotatable bonds is 2. The molecule has 2 aromatic carbocycles. The Labute approximate surface area is 170 Å². The largest absolute Gasteiger partial charge is 0.396 e. The first kappa shape index (κ1) is 17.8. The highest BCUT2D eigenvalue weighted by Gasteiger charge is 2.24. The van der Waals surface area contributed by atoms with Gasteiger partial charge in [0.1, 0.15) is 0 Å². The van der Waals surface area contributed by atoms with Crippen molar-refractivity contribution in [2.24, 2.45) is 0 Å². The van der Waals surface area contributed by atoms with Crippen LogP contribution in [0, 0.1) is 0 Å². The number of fused-ring (bicyclic) bond motifs is 2. The number of amides is 1. The second-order valence-electron chi connectivity index (χ2n) is 7.22. The number of nitrogens with one attached hydrogen (secondary N) is 2. The van der Waals surface area contributed by atoms with E-state index in [9.17, 15) is 9.59 Å². The van der Waals surface area contributed by atoms with E-state index in [2.05, 4.69) is 15.0 Å². The van der Waals surface area contributed by atoms with Crippen molar-refractivity contribution >= 4 is 45.1 Å². The van der Waals surface area contributed by atoms with Crippen molar-refractivity contribution in [1.29, 1.82) is 0 Å². The van der Waals surface area contributed by atoms with E-state index in [4.69, 9.17) is 17.3 Å². The minimum absolute atomic E-state index is 0.0989. The number of carbonyl (C=O) groups excluding carboxylic acids is 1. The first-order valence-corrected chi connectivity index (χ1v) is 9.80. The number of nitrogens with two attached hydrogens (primary N) is 1. The summed E-state index contributed by atoms with van der Waals surface area (Å²) in [5, 5.41) is 0.990. The summed E-state index contributed by atoms with van der Waals surface area (Å²) >= 11 is 6.40. The molecule has 3 heterocycles. The number of nitrogen functional groups attached to an aromatic ring is 1. The van der Waals surface area contributed by atoms with Gasteiger partial charge in [0.15, 0.2) is 5.69 Å². The molecule has 7 nitrogen and oxygen atoms in total. The average molecular weight is 408 g/mol. The number of halogens is 1. The van der Waals surface area contributed by atoms with E-state index < -0.39 is 0 Å². The van der Waals surface area contributed by atoms with Crippen molar-refractivity contribution in [3.05, 3.63) is 57.3 Å². The molecule has 0 saturated carbocycles. The maximum Gasteiger partial charge on any atom is 0.276 e. The zero-order valence-electron chi connectivity index (χ0n) is 15.5. The predicted molar refractivity (Wildman–Crippen MR) is 114 cm³/mol. The van der Waals surface area contributed by atoms with Gasteiger partial charge in [0.05, 0.1) is 33.0 Å².